The van der Waals surface area contributed by atoms with Crippen LogP contribution in [0, 0.1) is 0 Å². The molecule has 1 unspecified atom stereocenters. The highest BCUT2D eigenvalue weighted by atomic mass is 32.2. The average Bonchev–Trinajstić information content (AvgIpc) is 3.03. The first-order chi connectivity index (χ1) is 10.3. The lowest BCUT2D eigenvalue weighted by Gasteiger charge is -2.26. The third kappa shape index (κ3) is 4.22. The summed E-state index contributed by atoms with van der Waals surface area (Å²) in [6.07, 6.45) is 2.03. The maximum absolute atomic E-state index is 12.1. The molecule has 2 heterocycles. The number of hydrogen-bond donors (Lipinski definition) is 2. The normalized spacial score (nSPS) is 23.1. The number of rotatable bonds is 4. The van der Waals surface area contributed by atoms with Crippen LogP contribution in [-0.2, 0) is 11.3 Å². The van der Waals surface area contributed by atoms with E-state index in [1.165, 1.54) is 17.1 Å². The second kappa shape index (κ2) is 7.29. The number of nitrogens with zero attached hydrogens (tertiary/aromatic N) is 1. The number of nitrogens with one attached hydrogen (secondary N) is 2. The highest BCUT2D eigenvalue weighted by molar-refractivity contribution is 7.99. The minimum Gasteiger partial charge on any atom is -0.325 e. The van der Waals surface area contributed by atoms with Crippen molar-refractivity contribution in [3.63, 3.8) is 0 Å². The smallest absolute Gasteiger partial charge is 0.241 e. The van der Waals surface area contributed by atoms with Gasteiger partial charge in [0.15, 0.2) is 0 Å². The van der Waals surface area contributed by atoms with Crippen LogP contribution < -0.4 is 10.6 Å². The predicted octanol–water partition coefficient (Wildman–Crippen LogP) is 1.93. The van der Waals surface area contributed by atoms with Crippen LogP contribution in [0.5, 0.6) is 0 Å². The van der Waals surface area contributed by atoms with Crippen molar-refractivity contribution in [3.05, 3.63) is 29.8 Å². The fourth-order valence-corrected chi connectivity index (χ4v) is 3.88. The van der Waals surface area contributed by atoms with Crippen molar-refractivity contribution in [1.82, 2.24) is 10.2 Å². The van der Waals surface area contributed by atoms with Gasteiger partial charge >= 0.3 is 0 Å². The van der Waals surface area contributed by atoms with E-state index in [0.29, 0.717) is 0 Å². The Hall–Kier alpha value is -1.04. The number of amides is 1. The minimum atomic E-state index is -0.0206. The molecule has 0 aromatic heterocycles. The molecule has 0 spiro atoms. The number of hydrogen-bond acceptors (Lipinski definition) is 4. The molecule has 0 bridgehead atoms. The zero-order chi connectivity index (χ0) is 14.5. The third-order valence-electron chi connectivity index (χ3n) is 4.08. The molecule has 21 heavy (non-hydrogen) atoms. The van der Waals surface area contributed by atoms with Crippen molar-refractivity contribution < 1.29 is 4.79 Å². The van der Waals surface area contributed by atoms with Gasteiger partial charge < -0.3 is 10.6 Å². The maximum Gasteiger partial charge on any atom is 0.241 e. The van der Waals surface area contributed by atoms with Crippen molar-refractivity contribution in [2.45, 2.75) is 25.4 Å². The lowest BCUT2D eigenvalue weighted by atomic mass is 10.1. The first-order valence-corrected chi connectivity index (χ1v) is 8.90. The Morgan fingerprint density at radius 1 is 1.38 bits per heavy atom. The molecule has 3 rings (SSSR count). The van der Waals surface area contributed by atoms with Gasteiger partial charge in [-0.2, -0.15) is 11.8 Å². The van der Waals surface area contributed by atoms with Gasteiger partial charge in [0, 0.05) is 36.8 Å². The van der Waals surface area contributed by atoms with Gasteiger partial charge in [-0.05, 0) is 37.1 Å². The fourth-order valence-electron chi connectivity index (χ4n) is 2.90. The second-order valence-corrected chi connectivity index (χ2v) is 6.95. The van der Waals surface area contributed by atoms with E-state index in [1.54, 1.807) is 0 Å². The van der Waals surface area contributed by atoms with Crippen LogP contribution in [0.15, 0.2) is 24.3 Å². The second-order valence-electron chi connectivity index (χ2n) is 5.73. The molecule has 2 N–H and O–H groups in total. The van der Waals surface area contributed by atoms with Crippen molar-refractivity contribution >= 4 is 23.4 Å². The lowest BCUT2D eigenvalue weighted by Crippen LogP contribution is -2.35. The van der Waals surface area contributed by atoms with Crippen molar-refractivity contribution in [2.75, 3.05) is 36.5 Å². The standard InChI is InChI=1S/C16H23N3OS/c20-16(15-5-2-6-17-15)18-14-4-1-3-13(11-14)12-19-7-9-21-10-8-19/h1,3-4,11,15,17H,2,5-10,12H2,(H,18,20). The van der Waals surface area contributed by atoms with Gasteiger partial charge in [0.05, 0.1) is 6.04 Å². The molecular formula is C16H23N3OS. The van der Waals surface area contributed by atoms with Gasteiger partial charge in [-0.25, -0.2) is 0 Å². The van der Waals surface area contributed by atoms with E-state index >= 15 is 0 Å². The molecule has 1 atom stereocenters. The third-order valence-corrected chi connectivity index (χ3v) is 5.02. The van der Waals surface area contributed by atoms with E-state index in [-0.39, 0.29) is 11.9 Å². The summed E-state index contributed by atoms with van der Waals surface area (Å²) in [6, 6.07) is 8.24. The summed E-state index contributed by atoms with van der Waals surface area (Å²) >= 11 is 2.03. The highest BCUT2D eigenvalue weighted by Gasteiger charge is 2.21. The van der Waals surface area contributed by atoms with Gasteiger partial charge in [-0.3, -0.25) is 9.69 Å². The number of anilines is 1. The molecule has 1 aromatic rings. The molecule has 2 saturated heterocycles. The maximum atomic E-state index is 12.1. The quantitative estimate of drug-likeness (QED) is 0.892. The van der Waals surface area contributed by atoms with E-state index in [4.69, 9.17) is 0 Å². The van der Waals surface area contributed by atoms with Gasteiger partial charge in [0.25, 0.3) is 0 Å². The number of carbonyl (C=O) groups excluding carboxylic acids is 1. The molecule has 2 fully saturated rings. The Kier molecular flexibility index (Phi) is 5.17. The first kappa shape index (κ1) is 14.9. The summed E-state index contributed by atoms with van der Waals surface area (Å²) in [5.41, 5.74) is 2.19. The van der Waals surface area contributed by atoms with Crippen LogP contribution in [0.1, 0.15) is 18.4 Å². The van der Waals surface area contributed by atoms with E-state index in [1.807, 2.05) is 23.9 Å². The Labute approximate surface area is 130 Å². The van der Waals surface area contributed by atoms with Gasteiger partial charge in [-0.15, -0.1) is 0 Å². The average molecular weight is 305 g/mol. The van der Waals surface area contributed by atoms with Crippen LogP contribution in [0.3, 0.4) is 0 Å². The van der Waals surface area contributed by atoms with Crippen LogP contribution in [0.4, 0.5) is 5.69 Å². The first-order valence-electron chi connectivity index (χ1n) is 7.74. The minimum absolute atomic E-state index is 0.0206. The summed E-state index contributed by atoms with van der Waals surface area (Å²) in [7, 11) is 0. The van der Waals surface area contributed by atoms with E-state index < -0.39 is 0 Å². The van der Waals surface area contributed by atoms with E-state index in [0.717, 1.165) is 44.7 Å². The summed E-state index contributed by atoms with van der Waals surface area (Å²) in [5, 5.41) is 6.27. The van der Waals surface area contributed by atoms with Crippen LogP contribution >= 0.6 is 11.8 Å². The molecule has 2 aliphatic rings. The Morgan fingerprint density at radius 3 is 3.00 bits per heavy atom. The summed E-state index contributed by atoms with van der Waals surface area (Å²) in [6.45, 7) is 4.25. The number of benzene rings is 1. The lowest BCUT2D eigenvalue weighted by molar-refractivity contribution is -0.117. The molecule has 0 saturated carbocycles. The van der Waals surface area contributed by atoms with Crippen LogP contribution in [0.2, 0.25) is 0 Å². The summed E-state index contributed by atoms with van der Waals surface area (Å²) < 4.78 is 0. The molecule has 2 aliphatic heterocycles. The molecule has 0 radical (unpaired) electrons. The van der Waals surface area contributed by atoms with Crippen LogP contribution in [0.25, 0.3) is 0 Å². The fraction of sp³-hybridized carbons (Fsp3) is 0.562. The summed E-state index contributed by atoms with van der Waals surface area (Å²) in [4.78, 5) is 14.6. The Bertz CT molecular complexity index is 482. The Balaban J connectivity index is 1.58. The largest absolute Gasteiger partial charge is 0.325 e. The van der Waals surface area contributed by atoms with E-state index in [9.17, 15) is 4.79 Å². The molecule has 1 aromatic carbocycles. The molecule has 1 amide bonds. The Morgan fingerprint density at radius 2 is 2.24 bits per heavy atom. The summed E-state index contributed by atoms with van der Waals surface area (Å²) in [5.74, 6) is 2.55. The highest BCUT2D eigenvalue weighted by Crippen LogP contribution is 2.17. The van der Waals surface area contributed by atoms with Crippen molar-refractivity contribution in [2.24, 2.45) is 0 Å². The topological polar surface area (TPSA) is 44.4 Å². The molecule has 4 nitrogen and oxygen atoms in total. The van der Waals surface area contributed by atoms with Crippen molar-refractivity contribution in [1.29, 1.82) is 0 Å². The zero-order valence-corrected chi connectivity index (χ0v) is 13.1. The number of thioether (sulfide) groups is 1. The zero-order valence-electron chi connectivity index (χ0n) is 12.3. The monoisotopic (exact) mass is 305 g/mol. The molecule has 114 valence electrons. The van der Waals surface area contributed by atoms with E-state index in [2.05, 4.69) is 27.7 Å². The van der Waals surface area contributed by atoms with Gasteiger partial charge in [0.2, 0.25) is 5.91 Å². The molecule has 5 heteroatoms. The number of carbonyl (C=O) groups is 1. The molecule has 0 aliphatic carbocycles. The molecular weight excluding hydrogens is 282 g/mol. The predicted molar refractivity (Wildman–Crippen MR) is 88.7 cm³/mol. The van der Waals surface area contributed by atoms with Crippen LogP contribution in [-0.4, -0.2) is 48.0 Å². The SMILES string of the molecule is O=C(Nc1cccc(CN2CCSCC2)c1)C1CCCN1. The van der Waals surface area contributed by atoms with Gasteiger partial charge in [0.1, 0.15) is 0 Å². The van der Waals surface area contributed by atoms with Crippen molar-refractivity contribution in [3.8, 4) is 0 Å². The van der Waals surface area contributed by atoms with Gasteiger partial charge in [-0.1, -0.05) is 12.1 Å².